The molecule has 0 unspecified atom stereocenters. The number of anilines is 3. The molecule has 0 aliphatic carbocycles. The summed E-state index contributed by atoms with van der Waals surface area (Å²) >= 11 is 0. The third-order valence-corrected chi connectivity index (χ3v) is 4.36. The van der Waals surface area contributed by atoms with Crippen molar-refractivity contribution in [1.29, 1.82) is 0 Å². The van der Waals surface area contributed by atoms with Crippen LogP contribution >= 0.6 is 0 Å². The zero-order chi connectivity index (χ0) is 17.6. The summed E-state index contributed by atoms with van der Waals surface area (Å²) in [5, 5.41) is 8.53. The van der Waals surface area contributed by atoms with Gasteiger partial charge in [0.2, 0.25) is 0 Å². The monoisotopic (exact) mass is 347 g/mol. The van der Waals surface area contributed by atoms with Crippen molar-refractivity contribution in [3.8, 4) is 0 Å². The van der Waals surface area contributed by atoms with E-state index < -0.39 is 0 Å². The van der Waals surface area contributed by atoms with E-state index >= 15 is 0 Å². The zero-order valence-corrected chi connectivity index (χ0v) is 14.5. The molecule has 2 heterocycles. The van der Waals surface area contributed by atoms with Crippen LogP contribution in [0.5, 0.6) is 0 Å². The summed E-state index contributed by atoms with van der Waals surface area (Å²) in [5.74, 6) is 1.44. The number of aromatic nitrogens is 3. The Morgan fingerprint density at radius 3 is 2.35 bits per heavy atom. The fraction of sp³-hybridized carbons (Fsp3) is 0.250. The molecule has 0 N–H and O–H groups in total. The maximum absolute atomic E-state index is 5.43. The number of morpholine rings is 1. The van der Waals surface area contributed by atoms with Crippen LogP contribution in [0.3, 0.4) is 0 Å². The Bertz CT molecular complexity index is 822. The topological polar surface area (TPSA) is 54.4 Å². The molecule has 1 fully saturated rings. The third kappa shape index (κ3) is 3.81. The molecule has 0 bridgehead atoms. The summed E-state index contributed by atoms with van der Waals surface area (Å²) < 4.78 is 5.43. The van der Waals surface area contributed by atoms with Crippen LogP contribution in [0.1, 0.15) is 5.56 Å². The van der Waals surface area contributed by atoms with E-state index in [1.54, 1.807) is 6.20 Å². The predicted molar refractivity (Wildman–Crippen MR) is 102 cm³/mol. The second-order valence-electron chi connectivity index (χ2n) is 6.12. The first-order chi connectivity index (χ1) is 12.9. The molecular weight excluding hydrogens is 326 g/mol. The number of rotatable bonds is 5. The van der Waals surface area contributed by atoms with Gasteiger partial charge in [0.15, 0.2) is 5.82 Å². The molecule has 1 aromatic heterocycles. The van der Waals surface area contributed by atoms with Gasteiger partial charge in [-0.2, -0.15) is 10.1 Å². The molecule has 0 radical (unpaired) electrons. The minimum Gasteiger partial charge on any atom is -0.378 e. The Kier molecular flexibility index (Phi) is 5.02. The number of benzene rings is 2. The molecule has 0 amide bonds. The van der Waals surface area contributed by atoms with Crippen LogP contribution in [0.2, 0.25) is 0 Å². The van der Waals surface area contributed by atoms with Crippen molar-refractivity contribution in [3.05, 3.63) is 72.4 Å². The first kappa shape index (κ1) is 16.5. The van der Waals surface area contributed by atoms with E-state index in [0.717, 1.165) is 24.6 Å². The van der Waals surface area contributed by atoms with Crippen LogP contribution in [0.25, 0.3) is 0 Å². The van der Waals surface area contributed by atoms with Gasteiger partial charge in [-0.25, -0.2) is 0 Å². The van der Waals surface area contributed by atoms with Crippen molar-refractivity contribution in [2.75, 3.05) is 36.1 Å². The van der Waals surface area contributed by atoms with Crippen LogP contribution in [0.4, 0.5) is 17.5 Å². The van der Waals surface area contributed by atoms with Crippen LogP contribution in [0.15, 0.2) is 66.9 Å². The smallest absolute Gasteiger partial charge is 0.252 e. The molecular formula is C20H21N5O. The Labute approximate surface area is 153 Å². The Hall–Kier alpha value is -2.99. The summed E-state index contributed by atoms with van der Waals surface area (Å²) in [6.07, 6.45) is 1.72. The number of para-hydroxylation sites is 1. The molecule has 6 heteroatoms. The summed E-state index contributed by atoms with van der Waals surface area (Å²) in [5.41, 5.74) is 2.23. The normalized spacial score (nSPS) is 14.2. The number of ether oxygens (including phenoxy) is 1. The van der Waals surface area contributed by atoms with Gasteiger partial charge in [-0.05, 0) is 17.7 Å². The van der Waals surface area contributed by atoms with Gasteiger partial charge in [-0.1, -0.05) is 48.5 Å². The number of hydrogen-bond acceptors (Lipinski definition) is 6. The molecule has 4 rings (SSSR count). The summed E-state index contributed by atoms with van der Waals surface area (Å²) in [6.45, 7) is 3.75. The van der Waals surface area contributed by atoms with Crippen molar-refractivity contribution >= 4 is 17.5 Å². The molecule has 1 saturated heterocycles. The number of hydrogen-bond donors (Lipinski definition) is 0. The molecule has 0 spiro atoms. The largest absolute Gasteiger partial charge is 0.378 e. The van der Waals surface area contributed by atoms with E-state index in [1.807, 2.05) is 36.4 Å². The average Bonchev–Trinajstić information content (AvgIpc) is 2.74. The van der Waals surface area contributed by atoms with Crippen molar-refractivity contribution < 1.29 is 4.74 Å². The molecule has 6 nitrogen and oxygen atoms in total. The fourth-order valence-electron chi connectivity index (χ4n) is 3.00. The SMILES string of the molecule is c1ccc(CN(c2ccccc2)c2nncc(N3CCOCC3)n2)cc1. The predicted octanol–water partition coefficient (Wildman–Crippen LogP) is 3.05. The fourth-order valence-corrected chi connectivity index (χ4v) is 3.00. The quantitative estimate of drug-likeness (QED) is 0.707. The van der Waals surface area contributed by atoms with Crippen molar-refractivity contribution in [2.45, 2.75) is 6.54 Å². The van der Waals surface area contributed by atoms with Gasteiger partial charge in [-0.15, -0.1) is 5.10 Å². The van der Waals surface area contributed by atoms with Gasteiger partial charge in [-0.3, -0.25) is 0 Å². The molecule has 1 aliphatic heterocycles. The Morgan fingerprint density at radius 1 is 0.923 bits per heavy atom. The first-order valence-electron chi connectivity index (χ1n) is 8.79. The lowest BCUT2D eigenvalue weighted by molar-refractivity contribution is 0.122. The molecule has 2 aromatic carbocycles. The molecule has 132 valence electrons. The average molecular weight is 347 g/mol. The third-order valence-electron chi connectivity index (χ3n) is 4.36. The first-order valence-corrected chi connectivity index (χ1v) is 8.79. The summed E-state index contributed by atoms with van der Waals surface area (Å²) in [4.78, 5) is 9.07. The van der Waals surface area contributed by atoms with E-state index in [2.05, 4.69) is 44.3 Å². The highest BCUT2D eigenvalue weighted by molar-refractivity contribution is 5.58. The zero-order valence-electron chi connectivity index (χ0n) is 14.5. The molecule has 0 atom stereocenters. The van der Waals surface area contributed by atoms with Crippen molar-refractivity contribution in [1.82, 2.24) is 15.2 Å². The Balaban J connectivity index is 1.67. The number of nitrogens with zero attached hydrogens (tertiary/aromatic N) is 5. The van der Waals surface area contributed by atoms with Gasteiger partial charge in [0.1, 0.15) is 0 Å². The lowest BCUT2D eigenvalue weighted by atomic mass is 10.2. The molecule has 3 aromatic rings. The van der Waals surface area contributed by atoms with Crippen molar-refractivity contribution in [2.24, 2.45) is 0 Å². The summed E-state index contributed by atoms with van der Waals surface area (Å²) in [7, 11) is 0. The lowest BCUT2D eigenvalue weighted by Gasteiger charge is -2.28. The summed E-state index contributed by atoms with van der Waals surface area (Å²) in [6, 6.07) is 20.5. The maximum atomic E-state index is 5.43. The molecule has 26 heavy (non-hydrogen) atoms. The van der Waals surface area contributed by atoms with Crippen LogP contribution in [-0.4, -0.2) is 41.5 Å². The van der Waals surface area contributed by atoms with Gasteiger partial charge in [0.25, 0.3) is 5.95 Å². The van der Waals surface area contributed by atoms with E-state index in [4.69, 9.17) is 9.72 Å². The van der Waals surface area contributed by atoms with Crippen molar-refractivity contribution in [3.63, 3.8) is 0 Å². The molecule has 1 aliphatic rings. The van der Waals surface area contributed by atoms with Crippen LogP contribution in [0, 0.1) is 0 Å². The lowest BCUT2D eigenvalue weighted by Crippen LogP contribution is -2.37. The second-order valence-corrected chi connectivity index (χ2v) is 6.12. The van der Waals surface area contributed by atoms with Crippen LogP contribution in [-0.2, 0) is 11.3 Å². The van der Waals surface area contributed by atoms with Gasteiger partial charge < -0.3 is 14.5 Å². The highest BCUT2D eigenvalue weighted by Crippen LogP contribution is 2.25. The highest BCUT2D eigenvalue weighted by Gasteiger charge is 2.18. The van der Waals surface area contributed by atoms with E-state index in [0.29, 0.717) is 25.7 Å². The second kappa shape index (κ2) is 7.93. The highest BCUT2D eigenvalue weighted by atomic mass is 16.5. The minimum absolute atomic E-state index is 0.601. The van der Waals surface area contributed by atoms with Crippen LogP contribution < -0.4 is 9.80 Å². The van der Waals surface area contributed by atoms with Gasteiger partial charge in [0, 0.05) is 18.8 Å². The maximum Gasteiger partial charge on any atom is 0.252 e. The van der Waals surface area contributed by atoms with E-state index in [-0.39, 0.29) is 0 Å². The Morgan fingerprint density at radius 2 is 1.62 bits per heavy atom. The minimum atomic E-state index is 0.601. The standard InChI is InChI=1S/C20H21N5O/c1-3-7-17(8-4-1)16-25(18-9-5-2-6-10-18)20-22-19(15-21-23-20)24-11-13-26-14-12-24/h1-10,15H,11-14,16H2. The molecule has 0 saturated carbocycles. The van der Waals surface area contributed by atoms with E-state index in [9.17, 15) is 0 Å². The van der Waals surface area contributed by atoms with Gasteiger partial charge >= 0.3 is 0 Å². The van der Waals surface area contributed by atoms with E-state index in [1.165, 1.54) is 5.56 Å². The van der Waals surface area contributed by atoms with Gasteiger partial charge in [0.05, 0.1) is 26.0 Å².